The second kappa shape index (κ2) is 5.45. The van der Waals surface area contributed by atoms with Crippen LogP contribution in [0.3, 0.4) is 0 Å². The Morgan fingerprint density at radius 3 is 2.08 bits per heavy atom. The molecule has 0 aromatic heterocycles. The molecule has 0 aliphatic carbocycles. The molecule has 0 atom stereocenters. The van der Waals surface area contributed by atoms with Crippen LogP contribution in [0.5, 0.6) is 0 Å². The summed E-state index contributed by atoms with van der Waals surface area (Å²) in [6.45, 7) is 10.7. The highest BCUT2D eigenvalue weighted by Crippen LogP contribution is 2.18. The van der Waals surface area contributed by atoms with Crippen molar-refractivity contribution in [3.63, 3.8) is 0 Å². The van der Waals surface area contributed by atoms with Crippen LogP contribution in [0.4, 0.5) is 0 Å². The molecule has 0 saturated carbocycles. The van der Waals surface area contributed by atoms with Gasteiger partial charge in [0.2, 0.25) is 0 Å². The lowest BCUT2D eigenvalue weighted by Crippen LogP contribution is -2.46. The fourth-order valence-corrected chi connectivity index (χ4v) is 1.11. The zero-order chi connectivity index (χ0) is 10.6. The van der Waals surface area contributed by atoms with Crippen LogP contribution >= 0.6 is 23.0 Å². The maximum atomic E-state index is 9.58. The average Bonchev–Trinajstić information content (AvgIpc) is 1.97. The van der Waals surface area contributed by atoms with Crippen LogP contribution in [0.2, 0.25) is 0 Å². The minimum absolute atomic E-state index is 0.0112. The van der Waals surface area contributed by atoms with E-state index in [4.69, 9.17) is 3.17 Å². The first kappa shape index (κ1) is 13.6. The number of nitrogens with zero attached hydrogens (tertiary/aromatic N) is 2. The zero-order valence-electron chi connectivity index (χ0n) is 8.91. The standard InChI is InChI=1S/C8H19IN2O2/c1-7(2)11(12)10(13-9)6-8(3,4)5/h7,12H,6H2,1-5H3. The highest BCUT2D eigenvalue weighted by Gasteiger charge is 2.23. The van der Waals surface area contributed by atoms with Crippen LogP contribution in [-0.4, -0.2) is 28.1 Å². The lowest BCUT2D eigenvalue weighted by Gasteiger charge is -2.33. The van der Waals surface area contributed by atoms with Gasteiger partial charge in [-0.1, -0.05) is 31.1 Å². The maximum absolute atomic E-state index is 9.58. The number of hydrogen-bond acceptors (Lipinski definition) is 4. The molecule has 0 amide bonds. The number of rotatable bonds is 4. The van der Waals surface area contributed by atoms with Crippen molar-refractivity contribution in [1.29, 1.82) is 0 Å². The molecule has 5 heteroatoms. The number of halogens is 1. The molecule has 80 valence electrons. The van der Waals surface area contributed by atoms with Gasteiger partial charge < -0.3 is 0 Å². The molecule has 0 aliphatic heterocycles. The molecular weight excluding hydrogens is 283 g/mol. The van der Waals surface area contributed by atoms with E-state index in [0.717, 1.165) is 5.17 Å². The van der Waals surface area contributed by atoms with Crippen LogP contribution in [0.15, 0.2) is 0 Å². The Hall–Kier alpha value is 0.570. The van der Waals surface area contributed by atoms with Gasteiger partial charge in [-0.05, 0) is 19.3 Å². The van der Waals surface area contributed by atoms with Gasteiger partial charge in [-0.15, -0.1) is 0 Å². The Morgan fingerprint density at radius 1 is 1.38 bits per heavy atom. The summed E-state index contributed by atoms with van der Waals surface area (Å²) in [5, 5.41) is 12.1. The average molecular weight is 302 g/mol. The molecule has 0 radical (unpaired) electrons. The molecule has 4 nitrogen and oxygen atoms in total. The fraction of sp³-hybridized carbons (Fsp3) is 1.00. The van der Waals surface area contributed by atoms with E-state index in [2.05, 4.69) is 20.8 Å². The van der Waals surface area contributed by atoms with Gasteiger partial charge in [-0.25, -0.2) is 3.17 Å². The molecule has 0 saturated heterocycles. The highest BCUT2D eigenvalue weighted by molar-refractivity contribution is 14.1. The minimum atomic E-state index is 0.0112. The second-order valence-electron chi connectivity index (χ2n) is 4.55. The molecule has 0 fully saturated rings. The van der Waals surface area contributed by atoms with Crippen molar-refractivity contribution < 1.29 is 8.37 Å². The molecule has 0 aliphatic rings. The quantitative estimate of drug-likeness (QED) is 0.640. The van der Waals surface area contributed by atoms with Crippen molar-refractivity contribution in [2.75, 3.05) is 6.54 Å². The van der Waals surface area contributed by atoms with Crippen molar-refractivity contribution >= 4 is 23.0 Å². The van der Waals surface area contributed by atoms with Crippen molar-refractivity contribution in [2.45, 2.75) is 40.7 Å². The first-order chi connectivity index (χ1) is 5.78. The first-order valence-corrected chi connectivity index (χ1v) is 5.20. The molecule has 0 rings (SSSR count). The Labute approximate surface area is 94.4 Å². The van der Waals surface area contributed by atoms with E-state index in [9.17, 15) is 5.21 Å². The second-order valence-corrected chi connectivity index (χ2v) is 4.95. The molecule has 0 aromatic rings. The van der Waals surface area contributed by atoms with Gasteiger partial charge in [0.05, 0.1) is 0 Å². The molecule has 0 bridgehead atoms. The van der Waals surface area contributed by atoms with Gasteiger partial charge in [-0.2, -0.15) is 0 Å². The zero-order valence-corrected chi connectivity index (χ0v) is 11.1. The topological polar surface area (TPSA) is 35.9 Å². The highest BCUT2D eigenvalue weighted by atomic mass is 127. The summed E-state index contributed by atoms with van der Waals surface area (Å²) < 4.78 is 5.03. The summed E-state index contributed by atoms with van der Waals surface area (Å²) in [4.78, 5) is 0. The lowest BCUT2D eigenvalue weighted by molar-refractivity contribution is -0.356. The van der Waals surface area contributed by atoms with Crippen molar-refractivity contribution in [3.05, 3.63) is 0 Å². The summed E-state index contributed by atoms with van der Waals surface area (Å²) in [6, 6.07) is 0.0112. The van der Waals surface area contributed by atoms with Crippen LogP contribution in [0.25, 0.3) is 0 Å². The third-order valence-corrected chi connectivity index (χ3v) is 1.83. The van der Waals surface area contributed by atoms with E-state index >= 15 is 0 Å². The Morgan fingerprint density at radius 2 is 1.85 bits per heavy atom. The number of hydrazine groups is 1. The van der Waals surface area contributed by atoms with E-state index in [0.29, 0.717) is 6.54 Å². The summed E-state index contributed by atoms with van der Waals surface area (Å²) in [7, 11) is 0. The molecule has 0 heterocycles. The maximum Gasteiger partial charge on any atom is 0.139 e. The predicted molar refractivity (Wildman–Crippen MR) is 60.0 cm³/mol. The molecule has 1 N–H and O–H groups in total. The van der Waals surface area contributed by atoms with Gasteiger partial charge in [-0.3, -0.25) is 5.21 Å². The summed E-state index contributed by atoms with van der Waals surface area (Å²) >= 11 is 1.76. The van der Waals surface area contributed by atoms with E-state index < -0.39 is 0 Å². The van der Waals surface area contributed by atoms with Gasteiger partial charge in [0.25, 0.3) is 0 Å². The van der Waals surface area contributed by atoms with E-state index in [1.54, 1.807) is 23.0 Å². The summed E-state index contributed by atoms with van der Waals surface area (Å²) in [5.41, 5.74) is 0.0844. The number of hydrogen-bond donors (Lipinski definition) is 1. The largest absolute Gasteiger partial charge is 0.297 e. The summed E-state index contributed by atoms with van der Waals surface area (Å²) in [6.07, 6.45) is 0. The smallest absolute Gasteiger partial charge is 0.139 e. The first-order valence-electron chi connectivity index (χ1n) is 4.32. The predicted octanol–water partition coefficient (Wildman–Crippen LogP) is 2.63. The van der Waals surface area contributed by atoms with Gasteiger partial charge in [0, 0.05) is 12.6 Å². The van der Waals surface area contributed by atoms with E-state index in [1.807, 2.05) is 13.8 Å². The molecule has 13 heavy (non-hydrogen) atoms. The normalized spacial score (nSPS) is 13.4. The Balaban J connectivity index is 4.18. The minimum Gasteiger partial charge on any atom is -0.297 e. The van der Waals surface area contributed by atoms with Gasteiger partial charge in [0.15, 0.2) is 0 Å². The van der Waals surface area contributed by atoms with Crippen LogP contribution in [0.1, 0.15) is 34.6 Å². The van der Waals surface area contributed by atoms with Crippen LogP contribution in [-0.2, 0) is 3.17 Å². The third kappa shape index (κ3) is 5.79. The molecular formula is C8H19IN2O2. The lowest BCUT2D eigenvalue weighted by atomic mass is 9.97. The molecule has 0 aromatic carbocycles. The third-order valence-electron chi connectivity index (χ3n) is 1.38. The van der Waals surface area contributed by atoms with Crippen molar-refractivity contribution in [2.24, 2.45) is 5.41 Å². The Kier molecular flexibility index (Phi) is 5.69. The van der Waals surface area contributed by atoms with Crippen LogP contribution in [0, 0.1) is 5.41 Å². The van der Waals surface area contributed by atoms with Crippen molar-refractivity contribution in [1.82, 2.24) is 10.3 Å². The van der Waals surface area contributed by atoms with Gasteiger partial charge >= 0.3 is 0 Å². The van der Waals surface area contributed by atoms with E-state index in [-0.39, 0.29) is 11.5 Å². The van der Waals surface area contributed by atoms with E-state index in [1.165, 1.54) is 5.17 Å². The van der Waals surface area contributed by atoms with Crippen LogP contribution < -0.4 is 0 Å². The Bertz CT molecular complexity index is 148. The fourth-order valence-electron chi connectivity index (χ4n) is 0.792. The van der Waals surface area contributed by atoms with Gasteiger partial charge in [0.1, 0.15) is 23.0 Å². The molecule has 0 spiro atoms. The van der Waals surface area contributed by atoms with Crippen molar-refractivity contribution in [3.8, 4) is 0 Å². The SMILES string of the molecule is CC(C)N(O)N(CC(C)(C)C)OI. The monoisotopic (exact) mass is 302 g/mol. The molecule has 0 unspecified atom stereocenters. The number of hydroxylamine groups is 2. The summed E-state index contributed by atoms with van der Waals surface area (Å²) in [5.74, 6) is 0.